The number of benzene rings is 1. The van der Waals surface area contributed by atoms with Crippen LogP contribution in [0.3, 0.4) is 0 Å². The summed E-state index contributed by atoms with van der Waals surface area (Å²) in [6, 6.07) is 7.69. The van der Waals surface area contributed by atoms with Gasteiger partial charge in [0.15, 0.2) is 0 Å². The summed E-state index contributed by atoms with van der Waals surface area (Å²) in [7, 11) is 2.06. The molecule has 1 aromatic carbocycles. The van der Waals surface area contributed by atoms with Crippen LogP contribution in [0.15, 0.2) is 24.3 Å². The number of likely N-dealkylation sites (N-methyl/N-ethyl adjacent to an activating group) is 1. The van der Waals surface area contributed by atoms with E-state index >= 15 is 0 Å². The number of H-pyrrole nitrogens is 1. The van der Waals surface area contributed by atoms with Gasteiger partial charge in [0.25, 0.3) is 5.91 Å². The topological polar surface area (TPSA) is 59.6 Å². The minimum atomic E-state index is -0.126. The van der Waals surface area contributed by atoms with E-state index in [-0.39, 0.29) is 12.5 Å². The number of aliphatic hydroxyl groups is 1. The summed E-state index contributed by atoms with van der Waals surface area (Å²) in [5.74, 6) is -0.0154. The summed E-state index contributed by atoms with van der Waals surface area (Å²) in [4.78, 5) is 19.8. The molecule has 106 valence electrons. The van der Waals surface area contributed by atoms with Crippen LogP contribution in [0.4, 0.5) is 0 Å². The van der Waals surface area contributed by atoms with Crippen molar-refractivity contribution in [3.8, 4) is 0 Å². The Labute approximate surface area is 117 Å². The maximum atomic E-state index is 12.6. The summed E-state index contributed by atoms with van der Waals surface area (Å²) in [6.45, 7) is 3.12. The number of hydrogen-bond acceptors (Lipinski definition) is 3. The number of aromatic amines is 1. The van der Waals surface area contributed by atoms with Gasteiger partial charge in [-0.15, -0.1) is 0 Å². The Bertz CT molecular complexity index is 627. The maximum Gasteiger partial charge on any atom is 0.270 e. The second kappa shape index (κ2) is 5.26. The Balaban J connectivity index is 1.95. The molecule has 0 bridgehead atoms. The van der Waals surface area contributed by atoms with Crippen molar-refractivity contribution in [2.75, 3.05) is 33.2 Å². The minimum absolute atomic E-state index is 0.0154. The maximum absolute atomic E-state index is 12.6. The van der Waals surface area contributed by atoms with Gasteiger partial charge in [0.2, 0.25) is 0 Å². The van der Waals surface area contributed by atoms with Gasteiger partial charge < -0.3 is 19.9 Å². The number of hydrogen-bond donors (Lipinski definition) is 2. The van der Waals surface area contributed by atoms with E-state index in [2.05, 4.69) is 16.9 Å². The zero-order valence-corrected chi connectivity index (χ0v) is 11.6. The second-order valence-corrected chi connectivity index (χ2v) is 5.28. The highest BCUT2D eigenvalue weighted by molar-refractivity contribution is 6.01. The van der Waals surface area contributed by atoms with E-state index in [9.17, 15) is 9.90 Å². The second-order valence-electron chi connectivity index (χ2n) is 5.28. The van der Waals surface area contributed by atoms with E-state index in [0.29, 0.717) is 11.3 Å². The largest absolute Gasteiger partial charge is 0.392 e. The number of nitrogens with one attached hydrogen (secondary N) is 1. The van der Waals surface area contributed by atoms with Crippen molar-refractivity contribution in [3.05, 3.63) is 35.5 Å². The fourth-order valence-corrected chi connectivity index (χ4v) is 2.71. The van der Waals surface area contributed by atoms with Crippen molar-refractivity contribution in [1.82, 2.24) is 14.8 Å². The van der Waals surface area contributed by atoms with Gasteiger partial charge in [0.05, 0.1) is 6.61 Å². The lowest BCUT2D eigenvalue weighted by atomic mass is 10.1. The SMILES string of the molecule is CN1CCN(C(=O)c2[nH]c3ccccc3c2CO)CC1. The van der Waals surface area contributed by atoms with Crippen molar-refractivity contribution in [2.45, 2.75) is 6.61 Å². The van der Waals surface area contributed by atoms with Gasteiger partial charge in [-0.05, 0) is 13.1 Å². The molecule has 1 fully saturated rings. The molecule has 5 nitrogen and oxygen atoms in total. The van der Waals surface area contributed by atoms with Crippen LogP contribution < -0.4 is 0 Å². The van der Waals surface area contributed by atoms with Crippen LogP contribution in [-0.2, 0) is 6.61 Å². The summed E-state index contributed by atoms with van der Waals surface area (Å²) < 4.78 is 0. The van der Waals surface area contributed by atoms with Crippen LogP contribution in [0.2, 0.25) is 0 Å². The molecule has 1 aromatic heterocycles. The van der Waals surface area contributed by atoms with Crippen LogP contribution >= 0.6 is 0 Å². The molecule has 2 heterocycles. The first-order valence-corrected chi connectivity index (χ1v) is 6.89. The third-order valence-electron chi connectivity index (χ3n) is 3.98. The first-order valence-electron chi connectivity index (χ1n) is 6.89. The Hall–Kier alpha value is -1.85. The highest BCUT2D eigenvalue weighted by Gasteiger charge is 2.24. The van der Waals surface area contributed by atoms with Crippen LogP contribution in [0.25, 0.3) is 10.9 Å². The van der Waals surface area contributed by atoms with Crippen LogP contribution in [0, 0.1) is 0 Å². The number of piperazine rings is 1. The number of rotatable bonds is 2. The third kappa shape index (κ3) is 2.19. The molecule has 0 unspecified atom stereocenters. The van der Waals surface area contributed by atoms with E-state index in [0.717, 1.165) is 37.1 Å². The molecule has 0 saturated carbocycles. The predicted octanol–water partition coefficient (Wildman–Crippen LogP) is 1.05. The number of amides is 1. The summed E-state index contributed by atoms with van der Waals surface area (Å²) >= 11 is 0. The van der Waals surface area contributed by atoms with E-state index in [4.69, 9.17) is 0 Å². The number of aliphatic hydroxyl groups excluding tert-OH is 1. The van der Waals surface area contributed by atoms with Gasteiger partial charge >= 0.3 is 0 Å². The zero-order chi connectivity index (χ0) is 14.1. The summed E-state index contributed by atoms with van der Waals surface area (Å²) in [6.07, 6.45) is 0. The molecule has 0 aliphatic carbocycles. The quantitative estimate of drug-likeness (QED) is 0.860. The standard InChI is InChI=1S/C15H19N3O2/c1-17-6-8-18(9-7-17)15(20)14-12(10-19)11-4-2-3-5-13(11)16-14/h2-5,16,19H,6-10H2,1H3. The highest BCUT2D eigenvalue weighted by atomic mass is 16.3. The van der Waals surface area contributed by atoms with Crippen LogP contribution in [-0.4, -0.2) is 59.0 Å². The fraction of sp³-hybridized carbons (Fsp3) is 0.400. The van der Waals surface area contributed by atoms with Crippen LogP contribution in [0.1, 0.15) is 16.1 Å². The lowest BCUT2D eigenvalue weighted by Crippen LogP contribution is -2.47. The van der Waals surface area contributed by atoms with Crippen molar-refractivity contribution in [3.63, 3.8) is 0 Å². The first kappa shape index (κ1) is 13.1. The number of carbonyl (C=O) groups is 1. The smallest absolute Gasteiger partial charge is 0.270 e. The lowest BCUT2D eigenvalue weighted by molar-refractivity contribution is 0.0656. The van der Waals surface area contributed by atoms with E-state index < -0.39 is 0 Å². The number of nitrogens with zero attached hydrogens (tertiary/aromatic N) is 2. The van der Waals surface area contributed by atoms with E-state index in [1.165, 1.54) is 0 Å². The van der Waals surface area contributed by atoms with Crippen molar-refractivity contribution < 1.29 is 9.90 Å². The molecule has 0 radical (unpaired) electrons. The molecule has 1 aliphatic heterocycles. The van der Waals surface area contributed by atoms with E-state index in [1.54, 1.807) is 0 Å². The van der Waals surface area contributed by atoms with Crippen molar-refractivity contribution >= 4 is 16.8 Å². The summed E-state index contributed by atoms with van der Waals surface area (Å²) in [5.41, 5.74) is 2.12. The first-order chi connectivity index (χ1) is 9.70. The molecule has 20 heavy (non-hydrogen) atoms. The monoisotopic (exact) mass is 273 g/mol. The average Bonchev–Trinajstić information content (AvgIpc) is 2.85. The Kier molecular flexibility index (Phi) is 3.46. The molecule has 0 atom stereocenters. The Morgan fingerprint density at radius 3 is 2.65 bits per heavy atom. The van der Waals surface area contributed by atoms with Gasteiger partial charge in [-0.3, -0.25) is 4.79 Å². The molecular weight excluding hydrogens is 254 g/mol. The number of carbonyl (C=O) groups excluding carboxylic acids is 1. The number of fused-ring (bicyclic) bond motifs is 1. The van der Waals surface area contributed by atoms with Gasteiger partial charge in [-0.2, -0.15) is 0 Å². The minimum Gasteiger partial charge on any atom is -0.392 e. The highest BCUT2D eigenvalue weighted by Crippen LogP contribution is 2.23. The molecule has 1 saturated heterocycles. The number of aromatic nitrogens is 1. The normalized spacial score (nSPS) is 16.8. The molecule has 3 rings (SSSR count). The van der Waals surface area contributed by atoms with Gasteiger partial charge in [0.1, 0.15) is 5.69 Å². The summed E-state index contributed by atoms with van der Waals surface area (Å²) in [5, 5.41) is 10.5. The third-order valence-corrected chi connectivity index (χ3v) is 3.98. The van der Waals surface area contributed by atoms with E-state index in [1.807, 2.05) is 29.2 Å². The van der Waals surface area contributed by atoms with Crippen molar-refractivity contribution in [2.24, 2.45) is 0 Å². The Morgan fingerprint density at radius 2 is 1.95 bits per heavy atom. The average molecular weight is 273 g/mol. The van der Waals surface area contributed by atoms with Gasteiger partial charge in [-0.1, -0.05) is 18.2 Å². The fourth-order valence-electron chi connectivity index (χ4n) is 2.71. The van der Waals surface area contributed by atoms with Gasteiger partial charge in [0, 0.05) is 42.6 Å². The molecule has 1 aliphatic rings. The zero-order valence-electron chi connectivity index (χ0n) is 11.6. The Morgan fingerprint density at radius 1 is 1.25 bits per heavy atom. The molecule has 0 spiro atoms. The van der Waals surface area contributed by atoms with Crippen LogP contribution in [0.5, 0.6) is 0 Å². The van der Waals surface area contributed by atoms with Gasteiger partial charge in [-0.25, -0.2) is 0 Å². The molecule has 1 amide bonds. The molecule has 2 aromatic rings. The predicted molar refractivity (Wildman–Crippen MR) is 77.6 cm³/mol. The molecule has 2 N–H and O–H groups in total. The lowest BCUT2D eigenvalue weighted by Gasteiger charge is -2.32. The molecular formula is C15H19N3O2. The van der Waals surface area contributed by atoms with Crippen molar-refractivity contribution in [1.29, 1.82) is 0 Å². The number of para-hydroxylation sites is 1. The molecule has 5 heteroatoms.